The van der Waals surface area contributed by atoms with Gasteiger partial charge in [0, 0.05) is 32.6 Å². The highest BCUT2D eigenvalue weighted by atomic mass is 16.6. The predicted molar refractivity (Wildman–Crippen MR) is 147 cm³/mol. The molecule has 0 spiro atoms. The van der Waals surface area contributed by atoms with Crippen LogP contribution in [0.15, 0.2) is 11.6 Å². The molecule has 5 aliphatic carbocycles. The second-order valence-electron chi connectivity index (χ2n) is 14.4. The molecule has 8 atom stereocenters. The quantitative estimate of drug-likeness (QED) is 0.461. The fourth-order valence-electron chi connectivity index (χ4n) is 9.87. The summed E-state index contributed by atoms with van der Waals surface area (Å²) >= 11 is 0. The van der Waals surface area contributed by atoms with Gasteiger partial charge in [0.2, 0.25) is 5.91 Å². The first kappa shape index (κ1) is 26.7. The third-order valence-electron chi connectivity index (χ3n) is 12.3. The number of rotatable bonds is 5. The Morgan fingerprint density at radius 1 is 1.00 bits per heavy atom. The van der Waals surface area contributed by atoms with E-state index in [1.165, 1.54) is 32.1 Å². The van der Waals surface area contributed by atoms with Crippen molar-refractivity contribution in [3.8, 4) is 0 Å². The van der Waals surface area contributed by atoms with Crippen molar-refractivity contribution in [3.05, 3.63) is 11.6 Å². The Labute approximate surface area is 229 Å². The van der Waals surface area contributed by atoms with Crippen molar-refractivity contribution in [2.45, 2.75) is 110 Å². The summed E-state index contributed by atoms with van der Waals surface area (Å²) in [5, 5.41) is 10.3. The second kappa shape index (κ2) is 10.1. The maximum Gasteiger partial charge on any atom is 0.410 e. The molecule has 0 aromatic heterocycles. The van der Waals surface area contributed by atoms with E-state index >= 15 is 0 Å². The first-order chi connectivity index (χ1) is 18.2. The lowest BCUT2D eigenvalue weighted by atomic mass is 9.47. The highest BCUT2D eigenvalue weighted by Gasteiger charge is 2.59. The molecule has 1 unspecified atom stereocenters. The van der Waals surface area contributed by atoms with E-state index in [2.05, 4.69) is 26.8 Å². The number of aliphatic hydroxyl groups excluding tert-OH is 1. The molecule has 4 saturated carbocycles. The van der Waals surface area contributed by atoms with E-state index in [4.69, 9.17) is 4.74 Å². The molecular weight excluding hydrogens is 476 g/mol. The summed E-state index contributed by atoms with van der Waals surface area (Å²) < 4.78 is 5.42. The lowest BCUT2D eigenvalue weighted by molar-refractivity contribution is -0.133. The third kappa shape index (κ3) is 4.71. The van der Waals surface area contributed by atoms with Gasteiger partial charge in [0.1, 0.15) is 6.10 Å². The summed E-state index contributed by atoms with van der Waals surface area (Å²) in [6, 6.07) is 0. The third-order valence-corrected chi connectivity index (χ3v) is 12.3. The fraction of sp³-hybridized carbons (Fsp3) is 0.875. The van der Waals surface area contributed by atoms with Gasteiger partial charge >= 0.3 is 6.09 Å². The molecule has 1 saturated heterocycles. The molecule has 2 amide bonds. The van der Waals surface area contributed by atoms with Crippen LogP contribution in [0.1, 0.15) is 97.8 Å². The molecule has 1 aliphatic heterocycles. The van der Waals surface area contributed by atoms with Crippen LogP contribution in [0.3, 0.4) is 0 Å². The molecule has 38 heavy (non-hydrogen) atoms. The molecule has 212 valence electrons. The van der Waals surface area contributed by atoms with E-state index < -0.39 is 0 Å². The summed E-state index contributed by atoms with van der Waals surface area (Å²) in [5.41, 5.74) is 2.26. The first-order valence-electron chi connectivity index (χ1n) is 15.8. The maximum absolute atomic E-state index is 13.1. The van der Waals surface area contributed by atoms with Gasteiger partial charge in [-0.15, -0.1) is 0 Å². The van der Waals surface area contributed by atoms with Gasteiger partial charge < -0.3 is 19.6 Å². The Balaban J connectivity index is 1.02. The zero-order valence-corrected chi connectivity index (χ0v) is 24.0. The number of ether oxygens (including phenoxy) is 1. The minimum Gasteiger partial charge on any atom is -0.446 e. The van der Waals surface area contributed by atoms with Crippen LogP contribution in [-0.4, -0.2) is 65.3 Å². The Bertz CT molecular complexity index is 953. The first-order valence-corrected chi connectivity index (χ1v) is 15.8. The van der Waals surface area contributed by atoms with Crippen molar-refractivity contribution < 1.29 is 19.4 Å². The molecule has 5 fully saturated rings. The topological polar surface area (TPSA) is 70.1 Å². The van der Waals surface area contributed by atoms with Crippen LogP contribution < -0.4 is 0 Å². The van der Waals surface area contributed by atoms with E-state index in [0.29, 0.717) is 55.3 Å². The van der Waals surface area contributed by atoms with Crippen molar-refractivity contribution >= 4 is 12.0 Å². The zero-order chi connectivity index (χ0) is 26.7. The van der Waals surface area contributed by atoms with Crippen molar-refractivity contribution in [1.29, 1.82) is 0 Å². The van der Waals surface area contributed by atoms with Gasteiger partial charge in [0.05, 0.1) is 6.10 Å². The van der Waals surface area contributed by atoms with Crippen LogP contribution in [0.5, 0.6) is 0 Å². The fourth-order valence-corrected chi connectivity index (χ4v) is 9.87. The Hall–Kier alpha value is -1.56. The summed E-state index contributed by atoms with van der Waals surface area (Å²) in [5.74, 6) is 3.91. The van der Waals surface area contributed by atoms with Gasteiger partial charge in [0.25, 0.3) is 0 Å². The highest BCUT2D eigenvalue weighted by Crippen LogP contribution is 2.67. The molecule has 6 heteroatoms. The van der Waals surface area contributed by atoms with E-state index in [1.54, 1.807) is 10.5 Å². The van der Waals surface area contributed by atoms with Crippen LogP contribution in [0.25, 0.3) is 0 Å². The number of aliphatic hydroxyl groups is 1. The molecular formula is C32H50N2O4. The molecule has 0 aromatic rings. The molecule has 6 nitrogen and oxygen atoms in total. The summed E-state index contributed by atoms with van der Waals surface area (Å²) in [6.07, 6.45) is 15.5. The summed E-state index contributed by atoms with van der Waals surface area (Å²) in [7, 11) is 0. The van der Waals surface area contributed by atoms with E-state index in [1.807, 2.05) is 4.90 Å². The molecule has 0 aromatic carbocycles. The molecule has 6 aliphatic rings. The minimum absolute atomic E-state index is 0.132. The Morgan fingerprint density at radius 2 is 1.74 bits per heavy atom. The van der Waals surface area contributed by atoms with Crippen LogP contribution in [-0.2, 0) is 9.53 Å². The lowest BCUT2D eigenvalue weighted by Crippen LogP contribution is -2.51. The molecule has 0 bridgehead atoms. The number of carbonyl (C=O) groups excluding carboxylic acids is 2. The predicted octanol–water partition coefficient (Wildman–Crippen LogP) is 5.79. The number of carbonyl (C=O) groups is 2. The minimum atomic E-state index is -0.202. The monoisotopic (exact) mass is 526 g/mol. The number of amides is 2. The highest BCUT2D eigenvalue weighted by molar-refractivity contribution is 5.76. The van der Waals surface area contributed by atoms with E-state index in [-0.39, 0.29) is 24.2 Å². The van der Waals surface area contributed by atoms with Gasteiger partial charge in [-0.2, -0.15) is 0 Å². The largest absolute Gasteiger partial charge is 0.446 e. The molecule has 6 rings (SSSR count). The van der Waals surface area contributed by atoms with Gasteiger partial charge in [-0.25, -0.2) is 4.79 Å². The smallest absolute Gasteiger partial charge is 0.410 e. The lowest BCUT2D eigenvalue weighted by Gasteiger charge is -2.58. The molecule has 0 radical (unpaired) electrons. The van der Waals surface area contributed by atoms with Gasteiger partial charge in [-0.3, -0.25) is 4.79 Å². The zero-order valence-electron chi connectivity index (χ0n) is 24.0. The molecule has 1 N–H and O–H groups in total. The standard InChI is InChI=1S/C32H50N2O4/c1-21(4-11-29(36)33-16-18-34(19-17-33)30(37)38-24-6-7-24)26-9-10-27-25-8-5-22-20-23(35)12-14-31(22,2)28(25)13-15-32(26,27)3/h5,21,23-28,35H,4,6-20H2,1-3H3/t21?,23-,25-,26+,27-,28-,31-,32+/m0/s1. The van der Waals surface area contributed by atoms with E-state index in [9.17, 15) is 14.7 Å². The molecule has 1 heterocycles. The van der Waals surface area contributed by atoms with Crippen LogP contribution in [0.2, 0.25) is 0 Å². The van der Waals surface area contributed by atoms with Crippen molar-refractivity contribution in [2.75, 3.05) is 26.2 Å². The Kier molecular flexibility index (Phi) is 7.10. The Morgan fingerprint density at radius 3 is 2.47 bits per heavy atom. The van der Waals surface area contributed by atoms with Crippen molar-refractivity contribution in [1.82, 2.24) is 9.80 Å². The number of fused-ring (bicyclic) bond motifs is 5. The van der Waals surface area contributed by atoms with Gasteiger partial charge in [-0.1, -0.05) is 32.4 Å². The van der Waals surface area contributed by atoms with Crippen LogP contribution in [0.4, 0.5) is 4.79 Å². The van der Waals surface area contributed by atoms with Crippen LogP contribution in [0, 0.1) is 40.4 Å². The second-order valence-corrected chi connectivity index (χ2v) is 14.4. The van der Waals surface area contributed by atoms with Crippen molar-refractivity contribution in [2.24, 2.45) is 40.4 Å². The number of hydrogen-bond acceptors (Lipinski definition) is 4. The average molecular weight is 527 g/mol. The van der Waals surface area contributed by atoms with Gasteiger partial charge in [0.15, 0.2) is 0 Å². The van der Waals surface area contributed by atoms with Gasteiger partial charge in [-0.05, 0) is 111 Å². The van der Waals surface area contributed by atoms with Crippen LogP contribution >= 0.6 is 0 Å². The van der Waals surface area contributed by atoms with E-state index in [0.717, 1.165) is 56.3 Å². The van der Waals surface area contributed by atoms with Crippen molar-refractivity contribution in [3.63, 3.8) is 0 Å². The maximum atomic E-state index is 13.1. The number of hydrogen-bond donors (Lipinski definition) is 1. The average Bonchev–Trinajstić information content (AvgIpc) is 3.65. The SMILES string of the molecule is CC(CCC(=O)N1CCN(C(=O)OC2CC2)CC1)[C@H]1CC[C@H]2[C@@H]3CC=C4C[C@@H](O)CC[C@]4(C)[C@H]3CC[C@]12C. The normalized spacial score (nSPS) is 41.5. The number of nitrogens with zero attached hydrogens (tertiary/aromatic N) is 2. The number of allylic oxidation sites excluding steroid dienone is 1. The summed E-state index contributed by atoms with van der Waals surface area (Å²) in [6.45, 7) is 9.95. The summed E-state index contributed by atoms with van der Waals surface area (Å²) in [4.78, 5) is 29.0. The number of piperazine rings is 1.